The fourth-order valence-electron chi connectivity index (χ4n) is 1.67. The van der Waals surface area contributed by atoms with Gasteiger partial charge in [-0.15, -0.1) is 5.10 Å². The maximum Gasteiger partial charge on any atom is 0.303 e. The number of nitrogens with one attached hydrogen (secondary N) is 1. The van der Waals surface area contributed by atoms with Gasteiger partial charge in [0.25, 0.3) is 5.56 Å². The van der Waals surface area contributed by atoms with Crippen molar-refractivity contribution in [2.45, 2.75) is 32.2 Å². The molecule has 0 aliphatic heterocycles. The molecule has 0 atom stereocenters. The summed E-state index contributed by atoms with van der Waals surface area (Å²) in [6.45, 7) is 0.576. The van der Waals surface area contributed by atoms with Crippen LogP contribution in [0.15, 0.2) is 11.1 Å². The Labute approximate surface area is 102 Å². The van der Waals surface area contributed by atoms with Gasteiger partial charge in [-0.05, 0) is 12.8 Å². The second-order valence-corrected chi connectivity index (χ2v) is 3.92. The van der Waals surface area contributed by atoms with Crippen LogP contribution in [0.4, 0.5) is 0 Å². The highest BCUT2D eigenvalue weighted by atomic mass is 16.4. The van der Waals surface area contributed by atoms with Crippen molar-refractivity contribution in [3.8, 4) is 0 Å². The van der Waals surface area contributed by atoms with E-state index < -0.39 is 5.97 Å². The number of H-pyrrole nitrogens is 1. The summed E-state index contributed by atoms with van der Waals surface area (Å²) in [4.78, 5) is 28.1. The summed E-state index contributed by atoms with van der Waals surface area (Å²) in [5.74, 6) is -0.783. The van der Waals surface area contributed by atoms with Crippen LogP contribution >= 0.6 is 0 Å². The molecule has 0 amide bonds. The molecule has 0 unspecified atom stereocenters. The van der Waals surface area contributed by atoms with E-state index in [0.29, 0.717) is 18.6 Å². The number of aromatic nitrogens is 5. The number of nitrogens with zero attached hydrogens (tertiary/aromatic N) is 4. The molecule has 0 saturated heterocycles. The lowest BCUT2D eigenvalue weighted by Gasteiger charge is -2.00. The Morgan fingerprint density at radius 1 is 1.39 bits per heavy atom. The van der Waals surface area contributed by atoms with Crippen LogP contribution in [-0.2, 0) is 11.3 Å². The largest absolute Gasteiger partial charge is 0.481 e. The molecule has 8 nitrogen and oxygen atoms in total. The average Bonchev–Trinajstić information content (AvgIpc) is 2.73. The van der Waals surface area contributed by atoms with Gasteiger partial charge in [0.1, 0.15) is 0 Å². The molecule has 0 radical (unpaired) electrons. The Bertz CT molecular complexity index is 603. The van der Waals surface area contributed by atoms with Crippen LogP contribution in [0.1, 0.15) is 25.7 Å². The minimum Gasteiger partial charge on any atom is -0.481 e. The SMILES string of the molecule is O=C(O)CCCCCn1nnc2c(=O)[nH]cnc21. The molecule has 0 spiro atoms. The van der Waals surface area contributed by atoms with Gasteiger partial charge in [-0.1, -0.05) is 11.6 Å². The second-order valence-electron chi connectivity index (χ2n) is 3.92. The van der Waals surface area contributed by atoms with Gasteiger partial charge in [0.05, 0.1) is 6.33 Å². The Balaban J connectivity index is 1.94. The smallest absolute Gasteiger partial charge is 0.303 e. The zero-order chi connectivity index (χ0) is 13.0. The molecule has 0 saturated carbocycles. The van der Waals surface area contributed by atoms with Crippen LogP contribution in [0.3, 0.4) is 0 Å². The van der Waals surface area contributed by atoms with Gasteiger partial charge in [0.15, 0.2) is 11.2 Å². The van der Waals surface area contributed by atoms with Crippen LogP contribution in [0.2, 0.25) is 0 Å². The van der Waals surface area contributed by atoms with Crippen molar-refractivity contribution in [2.24, 2.45) is 0 Å². The average molecular weight is 251 g/mol. The Morgan fingerprint density at radius 3 is 3.00 bits per heavy atom. The minimum absolute atomic E-state index is 0.177. The third-order valence-corrected chi connectivity index (χ3v) is 2.57. The summed E-state index contributed by atoms with van der Waals surface area (Å²) in [5, 5.41) is 16.1. The predicted molar refractivity (Wildman–Crippen MR) is 62.0 cm³/mol. The number of carboxylic acid groups (broad SMARTS) is 1. The lowest BCUT2D eigenvalue weighted by atomic mass is 10.2. The van der Waals surface area contributed by atoms with E-state index >= 15 is 0 Å². The van der Waals surface area contributed by atoms with Crippen LogP contribution in [0.25, 0.3) is 11.2 Å². The molecule has 8 heteroatoms. The fourth-order valence-corrected chi connectivity index (χ4v) is 1.67. The lowest BCUT2D eigenvalue weighted by Crippen LogP contribution is -2.07. The summed E-state index contributed by atoms with van der Waals surface area (Å²) in [5.41, 5.74) is 0.372. The number of aliphatic carboxylic acids is 1. The van der Waals surface area contributed by atoms with Crippen molar-refractivity contribution in [1.82, 2.24) is 25.0 Å². The van der Waals surface area contributed by atoms with Crippen LogP contribution in [0, 0.1) is 0 Å². The van der Waals surface area contributed by atoms with Gasteiger partial charge in [0.2, 0.25) is 0 Å². The number of aromatic amines is 1. The molecular weight excluding hydrogens is 238 g/mol. The molecule has 2 aromatic rings. The fraction of sp³-hybridized carbons (Fsp3) is 0.500. The first-order valence-corrected chi connectivity index (χ1v) is 5.67. The van der Waals surface area contributed by atoms with E-state index in [4.69, 9.17) is 5.11 Å². The Morgan fingerprint density at radius 2 is 2.22 bits per heavy atom. The van der Waals surface area contributed by atoms with Gasteiger partial charge in [-0.25, -0.2) is 9.67 Å². The summed E-state index contributed by atoms with van der Waals surface area (Å²) in [6, 6.07) is 0. The van der Waals surface area contributed by atoms with E-state index in [1.54, 1.807) is 4.68 Å². The number of aryl methyl sites for hydroxylation is 1. The summed E-state index contributed by atoms with van der Waals surface area (Å²) >= 11 is 0. The van der Waals surface area contributed by atoms with Crippen molar-refractivity contribution < 1.29 is 9.90 Å². The van der Waals surface area contributed by atoms with Gasteiger partial charge in [-0.3, -0.25) is 9.59 Å². The molecule has 0 bridgehead atoms. The van der Waals surface area contributed by atoms with Gasteiger partial charge in [0, 0.05) is 13.0 Å². The van der Waals surface area contributed by atoms with Crippen molar-refractivity contribution in [3.63, 3.8) is 0 Å². The maximum atomic E-state index is 11.4. The summed E-state index contributed by atoms with van der Waals surface area (Å²) < 4.78 is 1.56. The quantitative estimate of drug-likeness (QED) is 0.707. The van der Waals surface area contributed by atoms with E-state index in [9.17, 15) is 9.59 Å². The summed E-state index contributed by atoms with van der Waals surface area (Å²) in [7, 11) is 0. The second kappa shape index (κ2) is 5.39. The molecule has 0 aliphatic rings. The first-order chi connectivity index (χ1) is 8.68. The number of hydrogen-bond acceptors (Lipinski definition) is 5. The predicted octanol–water partition coefficient (Wildman–Crippen LogP) is 0.160. The number of hydrogen-bond donors (Lipinski definition) is 2. The summed E-state index contributed by atoms with van der Waals surface area (Å²) in [6.07, 6.45) is 3.69. The first-order valence-electron chi connectivity index (χ1n) is 5.67. The zero-order valence-corrected chi connectivity index (χ0v) is 9.67. The van der Waals surface area contributed by atoms with Gasteiger partial charge in [-0.2, -0.15) is 0 Å². The Hall–Kier alpha value is -2.25. The highest BCUT2D eigenvalue weighted by Crippen LogP contribution is 2.05. The highest BCUT2D eigenvalue weighted by molar-refractivity contribution is 5.67. The van der Waals surface area contributed by atoms with E-state index in [-0.39, 0.29) is 17.5 Å². The van der Waals surface area contributed by atoms with E-state index in [1.807, 2.05) is 0 Å². The highest BCUT2D eigenvalue weighted by Gasteiger charge is 2.08. The molecule has 0 fully saturated rings. The van der Waals surface area contributed by atoms with E-state index in [2.05, 4.69) is 20.3 Å². The Kier molecular flexibility index (Phi) is 3.66. The standard InChI is InChI=1S/C10H13N5O3/c16-7(17)4-2-1-3-5-15-9-8(13-14-15)10(18)12-6-11-9/h6H,1-5H2,(H,16,17)(H,11,12,18). The van der Waals surface area contributed by atoms with Crippen molar-refractivity contribution in [1.29, 1.82) is 0 Å². The molecule has 96 valence electrons. The van der Waals surface area contributed by atoms with Crippen molar-refractivity contribution in [3.05, 3.63) is 16.7 Å². The van der Waals surface area contributed by atoms with E-state index in [1.165, 1.54) is 6.33 Å². The number of unbranched alkanes of at least 4 members (excludes halogenated alkanes) is 2. The number of carboxylic acids is 1. The van der Waals surface area contributed by atoms with Crippen LogP contribution in [-0.4, -0.2) is 36.0 Å². The third-order valence-electron chi connectivity index (χ3n) is 2.57. The van der Waals surface area contributed by atoms with Gasteiger partial charge < -0.3 is 10.1 Å². The molecule has 2 aromatic heterocycles. The van der Waals surface area contributed by atoms with Crippen molar-refractivity contribution >= 4 is 17.1 Å². The normalized spacial score (nSPS) is 10.9. The van der Waals surface area contributed by atoms with Crippen LogP contribution in [0.5, 0.6) is 0 Å². The number of carbonyl (C=O) groups is 1. The first kappa shape index (κ1) is 12.2. The molecule has 2 heterocycles. The van der Waals surface area contributed by atoms with Gasteiger partial charge >= 0.3 is 5.97 Å². The lowest BCUT2D eigenvalue weighted by molar-refractivity contribution is -0.137. The monoisotopic (exact) mass is 251 g/mol. The maximum absolute atomic E-state index is 11.4. The zero-order valence-electron chi connectivity index (χ0n) is 9.67. The van der Waals surface area contributed by atoms with Crippen LogP contribution < -0.4 is 5.56 Å². The molecule has 0 aromatic carbocycles. The third kappa shape index (κ3) is 2.70. The van der Waals surface area contributed by atoms with Crippen molar-refractivity contribution in [2.75, 3.05) is 0 Å². The molecule has 18 heavy (non-hydrogen) atoms. The number of rotatable bonds is 6. The number of fused-ring (bicyclic) bond motifs is 1. The topological polar surface area (TPSA) is 114 Å². The van der Waals surface area contributed by atoms with E-state index in [0.717, 1.165) is 12.8 Å². The molecular formula is C10H13N5O3. The minimum atomic E-state index is -0.783. The molecule has 2 rings (SSSR count). The molecule has 2 N–H and O–H groups in total. The molecule has 0 aliphatic carbocycles.